The zero-order chi connectivity index (χ0) is 31.6. The van der Waals surface area contributed by atoms with Crippen LogP contribution in [0.5, 0.6) is 0 Å². The number of rotatable bonds is 1. The minimum Gasteiger partial charge on any atom is -0.306 e. The minimum absolute atomic E-state index is 0.287. The first-order valence-electron chi connectivity index (χ1n) is 16.7. The topological polar surface area (TPSA) is 32.3 Å². The van der Waals surface area contributed by atoms with Crippen molar-refractivity contribution in [3.63, 3.8) is 0 Å². The number of aryl methyl sites for hydroxylation is 4. The third-order valence-electron chi connectivity index (χ3n) is 10.2. The molecule has 6 heteroatoms. The van der Waals surface area contributed by atoms with Crippen LogP contribution in [-0.2, 0) is 25.7 Å². The number of hydrogen-bond donors (Lipinski definition) is 0. The van der Waals surface area contributed by atoms with Gasteiger partial charge >= 0.3 is 0 Å². The summed E-state index contributed by atoms with van der Waals surface area (Å²) in [6.07, 6.45) is 13.8. The second kappa shape index (κ2) is 13.8. The Bertz CT molecular complexity index is 1800. The summed E-state index contributed by atoms with van der Waals surface area (Å²) in [6.45, 7) is 4.40. The zero-order valence-electron chi connectivity index (χ0n) is 26.9. The predicted octanol–water partition coefficient (Wildman–Crippen LogP) is 8.59. The molecule has 2 aliphatic heterocycles. The Morgan fingerprint density at radius 3 is 2.09 bits per heavy atom. The van der Waals surface area contributed by atoms with E-state index in [2.05, 4.69) is 78.5 Å². The Morgan fingerprint density at radius 1 is 0.652 bits per heavy atom. The van der Waals surface area contributed by atoms with Gasteiger partial charge in [-0.3, -0.25) is 9.97 Å². The van der Waals surface area contributed by atoms with Gasteiger partial charge in [-0.1, -0.05) is 64.7 Å². The molecule has 0 saturated carbocycles. The summed E-state index contributed by atoms with van der Waals surface area (Å²) in [6, 6.07) is 21.3. The van der Waals surface area contributed by atoms with Crippen LogP contribution < -0.4 is 0 Å². The highest BCUT2D eigenvalue weighted by molar-refractivity contribution is 6.31. The van der Waals surface area contributed by atoms with Crippen LogP contribution in [0, 0.1) is 0 Å². The summed E-state index contributed by atoms with van der Waals surface area (Å²) in [7, 11) is 4.38. The highest BCUT2D eigenvalue weighted by atomic mass is 35.5. The maximum Gasteiger partial charge on any atom is 0.0739 e. The Kier molecular flexibility index (Phi) is 9.42. The molecule has 4 aliphatic rings. The molecular weight excluding hydrogens is 607 g/mol. The molecule has 0 radical (unpaired) electrons. The number of pyridine rings is 2. The first-order chi connectivity index (χ1) is 22.4. The molecule has 2 aromatic carbocycles. The SMILES string of the molecule is CN1CC=C(C2c3ccc(Cl)cc3CCc3cccnc32)CC1.CN1CCC(=C2c3ccc(Cl)cc3CCc3cccnc32)CC1. The third kappa shape index (κ3) is 6.59. The summed E-state index contributed by atoms with van der Waals surface area (Å²) in [5.74, 6) is 0.287. The fraction of sp³-hybridized carbons (Fsp3) is 0.350. The monoisotopic (exact) mass is 648 g/mol. The predicted molar refractivity (Wildman–Crippen MR) is 191 cm³/mol. The summed E-state index contributed by atoms with van der Waals surface area (Å²) in [5.41, 5.74) is 15.1. The summed E-state index contributed by atoms with van der Waals surface area (Å²) < 4.78 is 0. The molecule has 1 atom stereocenters. The minimum atomic E-state index is 0.287. The number of benzene rings is 2. The standard InChI is InChI=1S/2C20H21ClN2/c2*1-23-11-8-14(9-12-23)19-18-7-6-17(21)13-16(18)5-4-15-3-2-10-22-20(15)19/h2-3,6-7,10,13H,4-5,8-9,11-12H2,1H3;2-3,6-8,10,13,19H,4-5,9,11-12H2,1H3. The molecule has 8 rings (SSSR count). The molecule has 0 spiro atoms. The molecule has 4 nitrogen and oxygen atoms in total. The second-order valence-electron chi connectivity index (χ2n) is 13.2. The summed E-state index contributed by atoms with van der Waals surface area (Å²) in [4.78, 5) is 14.3. The molecule has 4 aromatic rings. The first-order valence-corrected chi connectivity index (χ1v) is 17.4. The molecule has 1 fully saturated rings. The van der Waals surface area contributed by atoms with Crippen molar-refractivity contribution in [2.45, 2.75) is 50.9 Å². The molecule has 236 valence electrons. The van der Waals surface area contributed by atoms with E-state index in [4.69, 9.17) is 33.2 Å². The molecule has 1 unspecified atom stereocenters. The van der Waals surface area contributed by atoms with Gasteiger partial charge in [-0.2, -0.15) is 0 Å². The molecule has 1 saturated heterocycles. The number of piperidine rings is 1. The Hall–Kier alpha value is -3.28. The number of hydrogen-bond acceptors (Lipinski definition) is 4. The maximum absolute atomic E-state index is 6.26. The van der Waals surface area contributed by atoms with Crippen molar-refractivity contribution in [3.8, 4) is 0 Å². The van der Waals surface area contributed by atoms with E-state index in [0.29, 0.717) is 0 Å². The number of halogens is 2. The first kappa shape index (κ1) is 31.3. The largest absolute Gasteiger partial charge is 0.306 e. The molecular formula is C40H42Cl2N4. The van der Waals surface area contributed by atoms with Gasteiger partial charge in [-0.25, -0.2) is 0 Å². The van der Waals surface area contributed by atoms with Crippen molar-refractivity contribution in [3.05, 3.63) is 145 Å². The molecule has 2 aromatic heterocycles. The van der Waals surface area contributed by atoms with E-state index in [0.717, 1.165) is 81.2 Å². The van der Waals surface area contributed by atoms with Crippen molar-refractivity contribution in [2.24, 2.45) is 0 Å². The quantitative estimate of drug-likeness (QED) is 0.194. The van der Waals surface area contributed by atoms with E-state index in [-0.39, 0.29) is 5.92 Å². The number of nitrogens with zero attached hydrogens (tertiary/aromatic N) is 4. The fourth-order valence-electron chi connectivity index (χ4n) is 7.61. The van der Waals surface area contributed by atoms with E-state index >= 15 is 0 Å². The van der Waals surface area contributed by atoms with Gasteiger partial charge < -0.3 is 9.80 Å². The Morgan fingerprint density at radius 2 is 1.30 bits per heavy atom. The lowest BCUT2D eigenvalue weighted by Gasteiger charge is -2.28. The molecule has 0 amide bonds. The van der Waals surface area contributed by atoms with E-state index in [9.17, 15) is 0 Å². The highest BCUT2D eigenvalue weighted by Crippen LogP contribution is 2.41. The fourth-order valence-corrected chi connectivity index (χ4v) is 8.00. The smallest absolute Gasteiger partial charge is 0.0739 e. The number of likely N-dealkylation sites (tertiary alicyclic amines) is 1. The zero-order valence-corrected chi connectivity index (χ0v) is 28.4. The normalized spacial score (nSPS) is 19.7. The van der Waals surface area contributed by atoms with Crippen LogP contribution in [0.1, 0.15) is 69.9 Å². The molecule has 4 heterocycles. The highest BCUT2D eigenvalue weighted by Gasteiger charge is 2.29. The van der Waals surface area contributed by atoms with Crippen molar-refractivity contribution in [2.75, 3.05) is 40.3 Å². The lowest BCUT2D eigenvalue weighted by atomic mass is 9.82. The number of likely N-dealkylation sites (N-methyl/N-ethyl adjacent to an activating group) is 1. The van der Waals surface area contributed by atoms with Gasteiger partial charge in [-0.05, 0) is 129 Å². The van der Waals surface area contributed by atoms with Crippen molar-refractivity contribution < 1.29 is 0 Å². The maximum atomic E-state index is 6.26. The van der Waals surface area contributed by atoms with Crippen LogP contribution in [0.25, 0.3) is 5.57 Å². The van der Waals surface area contributed by atoms with Gasteiger partial charge in [0.05, 0.1) is 11.4 Å². The van der Waals surface area contributed by atoms with Crippen LogP contribution in [0.2, 0.25) is 10.0 Å². The van der Waals surface area contributed by atoms with E-state index in [1.54, 1.807) is 5.57 Å². The number of aromatic nitrogens is 2. The summed E-state index contributed by atoms with van der Waals surface area (Å²) >= 11 is 12.5. The van der Waals surface area contributed by atoms with Crippen LogP contribution in [-0.4, -0.2) is 60.0 Å². The summed E-state index contributed by atoms with van der Waals surface area (Å²) in [5, 5.41) is 1.66. The molecule has 0 bridgehead atoms. The van der Waals surface area contributed by atoms with E-state index in [1.165, 1.54) is 55.9 Å². The lowest BCUT2D eigenvalue weighted by Crippen LogP contribution is -2.27. The molecule has 0 N–H and O–H groups in total. The van der Waals surface area contributed by atoms with Gasteiger partial charge in [-0.15, -0.1) is 0 Å². The van der Waals surface area contributed by atoms with Gasteiger partial charge in [0.2, 0.25) is 0 Å². The van der Waals surface area contributed by atoms with Gasteiger partial charge in [0.25, 0.3) is 0 Å². The van der Waals surface area contributed by atoms with Gasteiger partial charge in [0.15, 0.2) is 0 Å². The molecule has 46 heavy (non-hydrogen) atoms. The van der Waals surface area contributed by atoms with Crippen LogP contribution >= 0.6 is 23.2 Å². The Labute approximate surface area is 283 Å². The van der Waals surface area contributed by atoms with Gasteiger partial charge in [0.1, 0.15) is 0 Å². The van der Waals surface area contributed by atoms with Crippen LogP contribution in [0.15, 0.2) is 90.3 Å². The lowest BCUT2D eigenvalue weighted by molar-refractivity contribution is 0.313. The van der Waals surface area contributed by atoms with Crippen molar-refractivity contribution >= 4 is 28.8 Å². The Balaban J connectivity index is 0.000000147. The second-order valence-corrected chi connectivity index (χ2v) is 14.1. The van der Waals surface area contributed by atoms with Crippen molar-refractivity contribution in [1.82, 2.24) is 19.8 Å². The van der Waals surface area contributed by atoms with E-state index < -0.39 is 0 Å². The molecule has 2 aliphatic carbocycles. The van der Waals surface area contributed by atoms with Gasteiger partial charge in [0, 0.05) is 60.1 Å². The third-order valence-corrected chi connectivity index (χ3v) is 10.6. The van der Waals surface area contributed by atoms with E-state index in [1.807, 2.05) is 24.5 Å². The van der Waals surface area contributed by atoms with Crippen LogP contribution in [0.4, 0.5) is 0 Å². The number of fused-ring (bicyclic) bond motifs is 4. The average molecular weight is 650 g/mol. The van der Waals surface area contributed by atoms with Crippen molar-refractivity contribution in [1.29, 1.82) is 0 Å². The average Bonchev–Trinajstić information content (AvgIpc) is 3.34. The van der Waals surface area contributed by atoms with Crippen LogP contribution in [0.3, 0.4) is 0 Å².